The zero-order valence-electron chi connectivity index (χ0n) is 7.22. The minimum atomic E-state index is -1.22. The molecule has 1 N–H and O–H groups in total. The average Bonchev–Trinajstić information content (AvgIpc) is 2.71. The Bertz CT molecular complexity index is 471. The van der Waals surface area contributed by atoms with Gasteiger partial charge in [-0.3, -0.25) is 0 Å². The van der Waals surface area contributed by atoms with Crippen molar-refractivity contribution >= 4 is 5.97 Å². The van der Waals surface area contributed by atoms with Crippen molar-refractivity contribution in [3.8, 4) is 11.5 Å². The molecule has 0 saturated carbocycles. The van der Waals surface area contributed by atoms with Gasteiger partial charge in [-0.05, 0) is 18.1 Å². The van der Waals surface area contributed by atoms with Crippen molar-refractivity contribution < 1.29 is 18.8 Å². The molecule has 0 spiro atoms. The van der Waals surface area contributed by atoms with Crippen LogP contribution in [0.5, 0.6) is 0 Å². The predicted molar refractivity (Wildman–Crippen MR) is 43.7 cm³/mol. The highest BCUT2D eigenvalue weighted by Crippen LogP contribution is 2.21. The SMILES string of the molecule is Cc1occc1-c1nc(C(=O)O)no1. The molecule has 0 aliphatic carbocycles. The minimum Gasteiger partial charge on any atom is -0.475 e. The molecule has 72 valence electrons. The van der Waals surface area contributed by atoms with Crippen LogP contribution in [0.4, 0.5) is 0 Å². The molecule has 0 aliphatic heterocycles. The van der Waals surface area contributed by atoms with E-state index < -0.39 is 5.97 Å². The first-order valence-electron chi connectivity index (χ1n) is 3.80. The summed E-state index contributed by atoms with van der Waals surface area (Å²) >= 11 is 0. The molecule has 2 rings (SSSR count). The molecule has 2 heterocycles. The average molecular weight is 194 g/mol. The molecule has 0 amide bonds. The van der Waals surface area contributed by atoms with Crippen LogP contribution >= 0.6 is 0 Å². The Morgan fingerprint density at radius 1 is 1.57 bits per heavy atom. The van der Waals surface area contributed by atoms with Crippen molar-refractivity contribution in [1.29, 1.82) is 0 Å². The first-order chi connectivity index (χ1) is 6.68. The Hall–Kier alpha value is -2.11. The number of aryl methyl sites for hydroxylation is 1. The van der Waals surface area contributed by atoms with Crippen molar-refractivity contribution in [2.24, 2.45) is 0 Å². The maximum Gasteiger partial charge on any atom is 0.377 e. The van der Waals surface area contributed by atoms with Crippen LogP contribution in [0.25, 0.3) is 11.5 Å². The fraction of sp³-hybridized carbons (Fsp3) is 0.125. The second-order valence-electron chi connectivity index (χ2n) is 2.62. The Labute approximate surface area is 78.2 Å². The van der Waals surface area contributed by atoms with Gasteiger partial charge in [-0.15, -0.1) is 0 Å². The lowest BCUT2D eigenvalue weighted by Gasteiger charge is -1.87. The first-order valence-corrected chi connectivity index (χ1v) is 3.80. The summed E-state index contributed by atoms with van der Waals surface area (Å²) in [7, 11) is 0. The molecular weight excluding hydrogens is 188 g/mol. The summed E-state index contributed by atoms with van der Waals surface area (Å²) in [5.74, 6) is -0.832. The largest absolute Gasteiger partial charge is 0.475 e. The number of furan rings is 1. The van der Waals surface area contributed by atoms with Gasteiger partial charge in [0.1, 0.15) is 5.76 Å². The van der Waals surface area contributed by atoms with Gasteiger partial charge in [0.2, 0.25) is 0 Å². The number of carboxylic acid groups (broad SMARTS) is 1. The summed E-state index contributed by atoms with van der Waals surface area (Å²) in [6, 6.07) is 1.63. The van der Waals surface area contributed by atoms with E-state index in [1.807, 2.05) is 0 Å². The Balaban J connectivity index is 2.43. The smallest absolute Gasteiger partial charge is 0.377 e. The molecule has 0 aliphatic rings. The summed E-state index contributed by atoms with van der Waals surface area (Å²) in [6.07, 6.45) is 1.47. The predicted octanol–water partition coefficient (Wildman–Crippen LogP) is 1.34. The van der Waals surface area contributed by atoms with Gasteiger partial charge in [-0.2, -0.15) is 4.98 Å². The first kappa shape index (κ1) is 8.49. The van der Waals surface area contributed by atoms with E-state index in [0.717, 1.165) is 0 Å². The number of rotatable bonds is 2. The van der Waals surface area contributed by atoms with E-state index in [1.54, 1.807) is 13.0 Å². The van der Waals surface area contributed by atoms with Gasteiger partial charge in [-0.1, -0.05) is 0 Å². The van der Waals surface area contributed by atoms with Crippen molar-refractivity contribution in [3.63, 3.8) is 0 Å². The second-order valence-corrected chi connectivity index (χ2v) is 2.62. The summed E-state index contributed by atoms with van der Waals surface area (Å²) in [5.41, 5.74) is 0.602. The number of nitrogens with zero attached hydrogens (tertiary/aromatic N) is 2. The monoisotopic (exact) mass is 194 g/mol. The van der Waals surface area contributed by atoms with Gasteiger partial charge >= 0.3 is 5.97 Å². The normalized spacial score (nSPS) is 10.4. The Morgan fingerprint density at radius 3 is 2.86 bits per heavy atom. The van der Waals surface area contributed by atoms with E-state index in [0.29, 0.717) is 11.3 Å². The fourth-order valence-corrected chi connectivity index (χ4v) is 1.03. The van der Waals surface area contributed by atoms with Crippen molar-refractivity contribution in [2.45, 2.75) is 6.92 Å². The lowest BCUT2D eigenvalue weighted by Crippen LogP contribution is -1.98. The van der Waals surface area contributed by atoms with E-state index in [2.05, 4.69) is 10.1 Å². The van der Waals surface area contributed by atoms with Crippen LogP contribution in [0.3, 0.4) is 0 Å². The van der Waals surface area contributed by atoms with E-state index in [1.165, 1.54) is 6.26 Å². The standard InChI is InChI=1S/C8H6N2O4/c1-4-5(2-3-13-4)7-9-6(8(11)12)10-14-7/h2-3H,1H3,(H,11,12). The molecule has 6 heteroatoms. The summed E-state index contributed by atoms with van der Waals surface area (Å²) < 4.78 is 9.76. The number of carbonyl (C=O) groups is 1. The van der Waals surface area contributed by atoms with Crippen molar-refractivity contribution in [2.75, 3.05) is 0 Å². The second kappa shape index (κ2) is 2.99. The number of hydrogen-bond donors (Lipinski definition) is 1. The molecule has 0 aromatic carbocycles. The zero-order chi connectivity index (χ0) is 10.1. The summed E-state index contributed by atoms with van der Waals surface area (Å²) in [6.45, 7) is 1.72. The molecule has 0 fully saturated rings. The lowest BCUT2D eigenvalue weighted by molar-refractivity contribution is 0.0680. The highest BCUT2D eigenvalue weighted by atomic mass is 16.5. The summed E-state index contributed by atoms with van der Waals surface area (Å²) in [5, 5.41) is 11.8. The van der Waals surface area contributed by atoms with Gasteiger partial charge < -0.3 is 14.0 Å². The van der Waals surface area contributed by atoms with Crippen molar-refractivity contribution in [3.05, 3.63) is 23.9 Å². The zero-order valence-corrected chi connectivity index (χ0v) is 7.22. The van der Waals surface area contributed by atoms with Gasteiger partial charge in [0.15, 0.2) is 0 Å². The van der Waals surface area contributed by atoms with Gasteiger partial charge in [0, 0.05) is 0 Å². The summed E-state index contributed by atoms with van der Waals surface area (Å²) in [4.78, 5) is 14.1. The highest BCUT2D eigenvalue weighted by molar-refractivity contribution is 5.83. The van der Waals surface area contributed by atoms with Gasteiger partial charge in [-0.25, -0.2) is 4.79 Å². The van der Waals surface area contributed by atoms with Crippen LogP contribution in [-0.2, 0) is 0 Å². The maximum absolute atomic E-state index is 10.5. The molecule has 0 radical (unpaired) electrons. The van der Waals surface area contributed by atoms with Crippen molar-refractivity contribution in [1.82, 2.24) is 10.1 Å². The van der Waals surface area contributed by atoms with E-state index in [-0.39, 0.29) is 11.7 Å². The van der Waals surface area contributed by atoms with Crippen LogP contribution in [-0.4, -0.2) is 21.2 Å². The topological polar surface area (TPSA) is 89.4 Å². The van der Waals surface area contributed by atoms with Crippen LogP contribution in [0.15, 0.2) is 21.3 Å². The third-order valence-corrected chi connectivity index (χ3v) is 1.71. The van der Waals surface area contributed by atoms with Crippen LogP contribution in [0.2, 0.25) is 0 Å². The third-order valence-electron chi connectivity index (χ3n) is 1.71. The van der Waals surface area contributed by atoms with E-state index in [9.17, 15) is 4.79 Å². The molecule has 2 aromatic heterocycles. The van der Waals surface area contributed by atoms with Crippen LogP contribution in [0.1, 0.15) is 16.4 Å². The Kier molecular flexibility index (Phi) is 1.81. The number of aromatic carboxylic acids is 1. The minimum absolute atomic E-state index is 0.147. The molecule has 2 aromatic rings. The van der Waals surface area contributed by atoms with E-state index >= 15 is 0 Å². The number of carboxylic acids is 1. The number of hydrogen-bond acceptors (Lipinski definition) is 5. The van der Waals surface area contributed by atoms with E-state index in [4.69, 9.17) is 14.0 Å². The van der Waals surface area contributed by atoms with Crippen LogP contribution < -0.4 is 0 Å². The fourth-order valence-electron chi connectivity index (χ4n) is 1.03. The number of aromatic nitrogens is 2. The maximum atomic E-state index is 10.5. The molecule has 0 unspecified atom stereocenters. The van der Waals surface area contributed by atoms with Crippen LogP contribution in [0, 0.1) is 6.92 Å². The quantitative estimate of drug-likeness (QED) is 0.775. The molecular formula is C8H6N2O4. The van der Waals surface area contributed by atoms with Gasteiger partial charge in [0.25, 0.3) is 11.7 Å². The molecule has 0 saturated heterocycles. The lowest BCUT2D eigenvalue weighted by atomic mass is 10.3. The molecule has 0 bridgehead atoms. The molecule has 14 heavy (non-hydrogen) atoms. The van der Waals surface area contributed by atoms with Gasteiger partial charge in [0.05, 0.1) is 11.8 Å². The third kappa shape index (κ3) is 1.26. The molecule has 0 atom stereocenters. The molecule has 6 nitrogen and oxygen atoms in total. The highest BCUT2D eigenvalue weighted by Gasteiger charge is 2.16. The Morgan fingerprint density at radius 2 is 2.36 bits per heavy atom.